The lowest BCUT2D eigenvalue weighted by Crippen LogP contribution is -2.36. The third-order valence-corrected chi connectivity index (χ3v) is 4.06. The van der Waals surface area contributed by atoms with Crippen molar-refractivity contribution in [2.24, 2.45) is 11.1 Å². The molecule has 1 amide bonds. The van der Waals surface area contributed by atoms with E-state index in [1.807, 2.05) is 12.3 Å². The monoisotopic (exact) mass is 334 g/mol. The summed E-state index contributed by atoms with van der Waals surface area (Å²) in [6.07, 6.45) is 0. The number of nitrogens with zero attached hydrogens (tertiary/aromatic N) is 3. The minimum absolute atomic E-state index is 0. The molecule has 1 heterocycles. The van der Waals surface area contributed by atoms with E-state index in [0.29, 0.717) is 13.1 Å². The van der Waals surface area contributed by atoms with Crippen molar-refractivity contribution >= 4 is 34.8 Å². The van der Waals surface area contributed by atoms with E-state index < -0.39 is 0 Å². The van der Waals surface area contributed by atoms with E-state index in [0.717, 1.165) is 23.9 Å². The van der Waals surface area contributed by atoms with Gasteiger partial charge < -0.3 is 5.73 Å². The number of amides is 1. The Balaban J connectivity index is 0.00000400. The minimum Gasteiger partial charge on any atom is -0.330 e. The molecule has 21 heavy (non-hydrogen) atoms. The normalized spacial score (nSPS) is 11.4. The molecule has 1 rings (SSSR count). The first-order valence-electron chi connectivity index (χ1n) is 6.90. The number of nitrogens with two attached hydrogens (primary N) is 1. The molecule has 0 bridgehead atoms. The lowest BCUT2D eigenvalue weighted by molar-refractivity contribution is -0.116. The second-order valence-corrected chi connectivity index (χ2v) is 6.76. The van der Waals surface area contributed by atoms with Crippen molar-refractivity contribution in [2.75, 3.05) is 31.6 Å². The van der Waals surface area contributed by atoms with Crippen LogP contribution >= 0.6 is 23.7 Å². The van der Waals surface area contributed by atoms with Crippen LogP contribution in [0.1, 0.15) is 33.4 Å². The number of thiazole rings is 1. The summed E-state index contributed by atoms with van der Waals surface area (Å²) in [7, 11) is 2.07. The summed E-state index contributed by atoms with van der Waals surface area (Å²) in [5, 5.41) is 2.80. The molecule has 2 N–H and O–H groups in total. The van der Waals surface area contributed by atoms with Gasteiger partial charge in [0.25, 0.3) is 0 Å². The predicted octanol–water partition coefficient (Wildman–Crippen LogP) is 2.35. The van der Waals surface area contributed by atoms with Crippen LogP contribution in [0, 0.1) is 5.41 Å². The molecule has 122 valence electrons. The van der Waals surface area contributed by atoms with Crippen LogP contribution in [0.2, 0.25) is 0 Å². The molecule has 0 radical (unpaired) electrons. The van der Waals surface area contributed by atoms with Crippen LogP contribution in [-0.2, 0) is 11.3 Å². The van der Waals surface area contributed by atoms with Crippen molar-refractivity contribution in [1.29, 1.82) is 0 Å². The Morgan fingerprint density at radius 3 is 2.57 bits per heavy atom. The number of aromatic nitrogens is 1. The van der Waals surface area contributed by atoms with Gasteiger partial charge in [-0.05, 0) is 25.9 Å². The highest BCUT2D eigenvalue weighted by Crippen LogP contribution is 2.22. The Kier molecular flexibility index (Phi) is 8.39. The van der Waals surface area contributed by atoms with E-state index in [-0.39, 0.29) is 23.7 Å². The highest BCUT2D eigenvalue weighted by atomic mass is 35.5. The van der Waals surface area contributed by atoms with Gasteiger partial charge >= 0.3 is 0 Å². The Labute approximate surface area is 137 Å². The molecule has 1 aromatic heterocycles. The third kappa shape index (κ3) is 6.30. The standard InChI is InChI=1S/C14H26N4OS.ClH/c1-6-18(11(2)19)13-16-12(8-20-13)7-17(5)10-14(3,4)9-15;/h8H,6-7,9-10,15H2,1-5H3;1H. The zero-order valence-electron chi connectivity index (χ0n) is 13.5. The van der Waals surface area contributed by atoms with E-state index in [2.05, 4.69) is 30.8 Å². The largest absolute Gasteiger partial charge is 0.330 e. The topological polar surface area (TPSA) is 62.5 Å². The highest BCUT2D eigenvalue weighted by Gasteiger charge is 2.19. The SMILES string of the molecule is CCN(C(C)=O)c1nc(CN(C)CC(C)(C)CN)cs1.Cl. The number of rotatable bonds is 7. The Hall–Kier alpha value is -0.690. The van der Waals surface area contributed by atoms with Crippen LogP contribution in [0.3, 0.4) is 0 Å². The van der Waals surface area contributed by atoms with Crippen molar-refractivity contribution in [3.8, 4) is 0 Å². The molecular weight excluding hydrogens is 308 g/mol. The number of carbonyl (C=O) groups is 1. The van der Waals surface area contributed by atoms with E-state index in [4.69, 9.17) is 5.73 Å². The van der Waals surface area contributed by atoms with Crippen LogP contribution < -0.4 is 10.6 Å². The fourth-order valence-corrected chi connectivity index (χ4v) is 3.04. The number of carbonyl (C=O) groups excluding carboxylic acids is 1. The number of hydrogen-bond acceptors (Lipinski definition) is 5. The first-order valence-corrected chi connectivity index (χ1v) is 7.78. The predicted molar refractivity (Wildman–Crippen MR) is 92.2 cm³/mol. The van der Waals surface area contributed by atoms with E-state index in [1.54, 1.807) is 11.8 Å². The minimum atomic E-state index is 0. The summed E-state index contributed by atoms with van der Waals surface area (Å²) >= 11 is 1.52. The number of hydrogen-bond donors (Lipinski definition) is 1. The van der Waals surface area contributed by atoms with E-state index in [9.17, 15) is 4.79 Å². The fraction of sp³-hybridized carbons (Fsp3) is 0.714. The molecule has 0 aromatic carbocycles. The molecule has 0 aliphatic rings. The van der Waals surface area contributed by atoms with Crippen LogP contribution in [0.25, 0.3) is 0 Å². The fourth-order valence-electron chi connectivity index (χ4n) is 2.11. The van der Waals surface area contributed by atoms with Crippen molar-refractivity contribution in [2.45, 2.75) is 34.2 Å². The Bertz CT molecular complexity index is 450. The second-order valence-electron chi connectivity index (χ2n) is 5.93. The maximum Gasteiger partial charge on any atom is 0.225 e. The van der Waals surface area contributed by atoms with Gasteiger partial charge in [-0.15, -0.1) is 23.7 Å². The number of halogens is 1. The van der Waals surface area contributed by atoms with Gasteiger partial charge in [-0.3, -0.25) is 14.6 Å². The van der Waals surface area contributed by atoms with Crippen LogP contribution in [-0.4, -0.2) is 42.5 Å². The van der Waals surface area contributed by atoms with E-state index in [1.165, 1.54) is 11.3 Å². The van der Waals surface area contributed by atoms with E-state index >= 15 is 0 Å². The van der Waals surface area contributed by atoms with Crippen molar-refractivity contribution < 1.29 is 4.79 Å². The van der Waals surface area contributed by atoms with Crippen LogP contribution in [0.4, 0.5) is 5.13 Å². The summed E-state index contributed by atoms with van der Waals surface area (Å²) in [6, 6.07) is 0. The molecule has 0 fully saturated rings. The molecule has 0 saturated heterocycles. The summed E-state index contributed by atoms with van der Waals surface area (Å²) < 4.78 is 0. The first kappa shape index (κ1) is 20.3. The van der Waals surface area contributed by atoms with Gasteiger partial charge in [0.15, 0.2) is 5.13 Å². The molecule has 0 aliphatic carbocycles. The Morgan fingerprint density at radius 1 is 1.48 bits per heavy atom. The summed E-state index contributed by atoms with van der Waals surface area (Å²) in [6.45, 7) is 10.8. The number of anilines is 1. The summed E-state index contributed by atoms with van der Waals surface area (Å²) in [5.74, 6) is 0.0334. The lowest BCUT2D eigenvalue weighted by Gasteiger charge is -2.28. The molecular formula is C14H27ClN4OS. The maximum absolute atomic E-state index is 11.5. The second kappa shape index (κ2) is 8.68. The first-order chi connectivity index (χ1) is 9.29. The molecule has 0 unspecified atom stereocenters. The lowest BCUT2D eigenvalue weighted by atomic mass is 9.93. The van der Waals surface area contributed by atoms with Gasteiger partial charge in [0.2, 0.25) is 5.91 Å². The van der Waals surface area contributed by atoms with Gasteiger partial charge in [-0.2, -0.15) is 0 Å². The third-order valence-electron chi connectivity index (χ3n) is 3.15. The summed E-state index contributed by atoms with van der Waals surface area (Å²) in [4.78, 5) is 20.0. The molecule has 0 aliphatic heterocycles. The molecule has 7 heteroatoms. The molecule has 0 atom stereocenters. The van der Waals surface area contributed by atoms with Crippen molar-refractivity contribution in [3.05, 3.63) is 11.1 Å². The van der Waals surface area contributed by atoms with Crippen LogP contribution in [0.15, 0.2) is 5.38 Å². The maximum atomic E-state index is 11.5. The quantitative estimate of drug-likeness (QED) is 0.831. The van der Waals surface area contributed by atoms with Crippen molar-refractivity contribution in [3.63, 3.8) is 0 Å². The molecule has 0 spiro atoms. The highest BCUT2D eigenvalue weighted by molar-refractivity contribution is 7.14. The smallest absolute Gasteiger partial charge is 0.225 e. The van der Waals surface area contributed by atoms with Gasteiger partial charge in [-0.25, -0.2) is 4.98 Å². The molecule has 1 aromatic rings. The zero-order valence-corrected chi connectivity index (χ0v) is 15.2. The molecule has 5 nitrogen and oxygen atoms in total. The average molecular weight is 335 g/mol. The van der Waals surface area contributed by atoms with Gasteiger partial charge in [-0.1, -0.05) is 13.8 Å². The van der Waals surface area contributed by atoms with Gasteiger partial charge in [0.1, 0.15) is 0 Å². The zero-order chi connectivity index (χ0) is 15.3. The molecule has 0 saturated carbocycles. The van der Waals surface area contributed by atoms with Crippen LogP contribution in [0.5, 0.6) is 0 Å². The van der Waals surface area contributed by atoms with Gasteiger partial charge in [0, 0.05) is 31.9 Å². The van der Waals surface area contributed by atoms with Gasteiger partial charge in [0.05, 0.1) is 5.69 Å². The van der Waals surface area contributed by atoms with Crippen molar-refractivity contribution in [1.82, 2.24) is 9.88 Å². The average Bonchev–Trinajstić information content (AvgIpc) is 2.77. The Morgan fingerprint density at radius 2 is 2.10 bits per heavy atom. The summed E-state index contributed by atoms with van der Waals surface area (Å²) in [5.41, 5.74) is 6.86.